The van der Waals surface area contributed by atoms with E-state index in [2.05, 4.69) is 5.32 Å². The molecule has 3 N–H and O–H groups in total. The first-order valence-corrected chi connectivity index (χ1v) is 5.28. The van der Waals surface area contributed by atoms with Gasteiger partial charge in [0.25, 0.3) is 0 Å². The number of allylic oxidation sites excluding steroid dienone is 1. The van der Waals surface area contributed by atoms with E-state index >= 15 is 0 Å². The number of carboxylic acids is 2. The van der Waals surface area contributed by atoms with Crippen LogP contribution in [0.25, 0.3) is 0 Å². The van der Waals surface area contributed by atoms with E-state index in [1.54, 1.807) is 0 Å². The molecule has 0 aromatic carbocycles. The van der Waals surface area contributed by atoms with Gasteiger partial charge < -0.3 is 15.5 Å². The van der Waals surface area contributed by atoms with Crippen LogP contribution in [0.15, 0.2) is 11.8 Å². The van der Waals surface area contributed by atoms with E-state index in [4.69, 9.17) is 10.2 Å². The molecular formula is C11H17NO5. The quantitative estimate of drug-likeness (QED) is 0.578. The summed E-state index contributed by atoms with van der Waals surface area (Å²) in [5.74, 6) is -2.54. The Bertz CT molecular complexity index is 333. The Morgan fingerprint density at radius 1 is 1.24 bits per heavy atom. The zero-order valence-corrected chi connectivity index (χ0v) is 9.90. The number of carbonyl (C=O) groups excluding carboxylic acids is 1. The van der Waals surface area contributed by atoms with E-state index in [9.17, 15) is 14.4 Å². The highest BCUT2D eigenvalue weighted by Crippen LogP contribution is 2.02. The molecular weight excluding hydrogens is 226 g/mol. The van der Waals surface area contributed by atoms with Crippen LogP contribution in [0.5, 0.6) is 0 Å². The summed E-state index contributed by atoms with van der Waals surface area (Å²) < 4.78 is 0. The van der Waals surface area contributed by atoms with Gasteiger partial charge in [-0.1, -0.05) is 19.9 Å². The van der Waals surface area contributed by atoms with Crippen molar-refractivity contribution >= 4 is 17.8 Å². The molecule has 6 nitrogen and oxygen atoms in total. The number of hydrogen-bond donors (Lipinski definition) is 3. The molecule has 96 valence electrons. The summed E-state index contributed by atoms with van der Waals surface area (Å²) in [6.07, 6.45) is 1.33. The van der Waals surface area contributed by atoms with Gasteiger partial charge in [-0.15, -0.1) is 0 Å². The molecule has 0 radical (unpaired) electrons. The van der Waals surface area contributed by atoms with E-state index in [0.29, 0.717) is 0 Å². The van der Waals surface area contributed by atoms with Crippen molar-refractivity contribution in [3.05, 3.63) is 11.8 Å². The third-order valence-corrected chi connectivity index (χ3v) is 1.80. The van der Waals surface area contributed by atoms with Crippen LogP contribution in [0.2, 0.25) is 0 Å². The monoisotopic (exact) mass is 243 g/mol. The second-order valence-electron chi connectivity index (χ2n) is 4.00. The molecule has 0 heterocycles. The number of carboxylic acid groups (broad SMARTS) is 2. The maximum atomic E-state index is 11.3. The lowest BCUT2D eigenvalue weighted by atomic mass is 10.1. The van der Waals surface area contributed by atoms with Gasteiger partial charge in [0.1, 0.15) is 5.70 Å². The molecule has 6 heteroatoms. The number of rotatable bonds is 7. The Morgan fingerprint density at radius 2 is 1.82 bits per heavy atom. The van der Waals surface area contributed by atoms with Gasteiger partial charge in [0.05, 0.1) is 0 Å². The highest BCUT2D eigenvalue weighted by molar-refractivity contribution is 5.92. The lowest BCUT2D eigenvalue weighted by Crippen LogP contribution is -2.28. The van der Waals surface area contributed by atoms with Gasteiger partial charge in [0.15, 0.2) is 0 Å². The molecule has 0 aliphatic carbocycles. The third-order valence-electron chi connectivity index (χ3n) is 1.80. The molecule has 0 spiro atoms. The first kappa shape index (κ1) is 15.2. The Kier molecular flexibility index (Phi) is 6.62. The SMILES string of the molecule is CC(C)CC(=O)N/C(=C\CCC(=O)O)C(=O)O. The summed E-state index contributed by atoms with van der Waals surface area (Å²) >= 11 is 0. The summed E-state index contributed by atoms with van der Waals surface area (Å²) in [6.45, 7) is 3.68. The van der Waals surface area contributed by atoms with Gasteiger partial charge in [-0.3, -0.25) is 9.59 Å². The van der Waals surface area contributed by atoms with Crippen LogP contribution in [0.3, 0.4) is 0 Å². The van der Waals surface area contributed by atoms with Gasteiger partial charge in [-0.25, -0.2) is 4.79 Å². The van der Waals surface area contributed by atoms with Crippen molar-refractivity contribution in [2.75, 3.05) is 0 Å². The van der Waals surface area contributed by atoms with Crippen LogP contribution in [-0.2, 0) is 14.4 Å². The highest BCUT2D eigenvalue weighted by atomic mass is 16.4. The molecule has 0 rings (SSSR count). The molecule has 0 aliphatic heterocycles. The average molecular weight is 243 g/mol. The van der Waals surface area contributed by atoms with Gasteiger partial charge in [-0.2, -0.15) is 0 Å². The predicted molar refractivity (Wildman–Crippen MR) is 60.2 cm³/mol. The number of amides is 1. The Morgan fingerprint density at radius 3 is 2.24 bits per heavy atom. The first-order chi connectivity index (χ1) is 7.82. The molecule has 0 saturated heterocycles. The van der Waals surface area contributed by atoms with Crippen LogP contribution in [0.4, 0.5) is 0 Å². The summed E-state index contributed by atoms with van der Waals surface area (Å²) in [5, 5.41) is 19.4. The molecule has 0 atom stereocenters. The van der Waals surface area contributed by atoms with E-state index in [-0.39, 0.29) is 36.8 Å². The highest BCUT2D eigenvalue weighted by Gasteiger charge is 2.12. The summed E-state index contributed by atoms with van der Waals surface area (Å²) in [6, 6.07) is 0. The minimum Gasteiger partial charge on any atom is -0.481 e. The maximum absolute atomic E-state index is 11.3. The van der Waals surface area contributed by atoms with E-state index in [1.807, 2.05) is 13.8 Å². The fraction of sp³-hybridized carbons (Fsp3) is 0.545. The van der Waals surface area contributed by atoms with E-state index < -0.39 is 11.9 Å². The van der Waals surface area contributed by atoms with Gasteiger partial charge >= 0.3 is 11.9 Å². The van der Waals surface area contributed by atoms with Crippen molar-refractivity contribution in [2.45, 2.75) is 33.1 Å². The molecule has 1 amide bonds. The maximum Gasteiger partial charge on any atom is 0.352 e. The van der Waals surface area contributed by atoms with Crippen molar-refractivity contribution in [1.82, 2.24) is 5.32 Å². The smallest absolute Gasteiger partial charge is 0.352 e. The predicted octanol–water partition coefficient (Wildman–Crippen LogP) is 0.982. The van der Waals surface area contributed by atoms with E-state index in [0.717, 1.165) is 0 Å². The lowest BCUT2D eigenvalue weighted by molar-refractivity contribution is -0.137. The van der Waals surface area contributed by atoms with Crippen LogP contribution in [-0.4, -0.2) is 28.1 Å². The third kappa shape index (κ3) is 8.01. The fourth-order valence-electron chi connectivity index (χ4n) is 1.10. The summed E-state index contributed by atoms with van der Waals surface area (Å²) in [5.41, 5.74) is -0.267. The Balaban J connectivity index is 4.38. The Hall–Kier alpha value is -1.85. The lowest BCUT2D eigenvalue weighted by Gasteiger charge is -2.07. The van der Waals surface area contributed by atoms with Gasteiger partial charge in [-0.05, 0) is 12.3 Å². The van der Waals surface area contributed by atoms with Crippen molar-refractivity contribution in [1.29, 1.82) is 0 Å². The zero-order chi connectivity index (χ0) is 13.4. The largest absolute Gasteiger partial charge is 0.481 e. The molecule has 0 unspecified atom stereocenters. The first-order valence-electron chi connectivity index (χ1n) is 5.28. The molecule has 0 aromatic rings. The fourth-order valence-corrected chi connectivity index (χ4v) is 1.10. The van der Waals surface area contributed by atoms with Crippen molar-refractivity contribution in [3.63, 3.8) is 0 Å². The number of aliphatic carboxylic acids is 2. The number of hydrogen-bond acceptors (Lipinski definition) is 3. The minimum atomic E-state index is -1.27. The molecule has 0 aromatic heterocycles. The summed E-state index contributed by atoms with van der Waals surface area (Å²) in [7, 11) is 0. The van der Waals surface area contributed by atoms with Crippen LogP contribution in [0.1, 0.15) is 33.1 Å². The molecule has 0 fully saturated rings. The standard InChI is InChI=1S/C11H17NO5/c1-7(2)6-9(13)12-8(11(16)17)4-3-5-10(14)15/h4,7H,3,5-6H2,1-2H3,(H,12,13)(H,14,15)(H,16,17)/b8-4-. The number of nitrogens with one attached hydrogen (secondary N) is 1. The Labute approximate surface area is 99.3 Å². The van der Waals surface area contributed by atoms with Crippen molar-refractivity contribution in [2.24, 2.45) is 5.92 Å². The molecule has 0 bridgehead atoms. The second kappa shape index (κ2) is 7.43. The van der Waals surface area contributed by atoms with Crippen LogP contribution >= 0.6 is 0 Å². The zero-order valence-electron chi connectivity index (χ0n) is 9.90. The van der Waals surface area contributed by atoms with Crippen LogP contribution in [0, 0.1) is 5.92 Å². The van der Waals surface area contributed by atoms with Gasteiger partial charge in [0.2, 0.25) is 5.91 Å². The second-order valence-corrected chi connectivity index (χ2v) is 4.00. The van der Waals surface area contributed by atoms with Gasteiger partial charge in [0, 0.05) is 12.8 Å². The molecule has 17 heavy (non-hydrogen) atoms. The van der Waals surface area contributed by atoms with Crippen molar-refractivity contribution < 1.29 is 24.6 Å². The molecule has 0 aliphatic rings. The van der Waals surface area contributed by atoms with E-state index in [1.165, 1.54) is 6.08 Å². The minimum absolute atomic E-state index is 0.0684. The van der Waals surface area contributed by atoms with Crippen molar-refractivity contribution in [3.8, 4) is 0 Å². The number of carbonyl (C=O) groups is 3. The van der Waals surface area contributed by atoms with Crippen LogP contribution < -0.4 is 5.32 Å². The topological polar surface area (TPSA) is 104 Å². The normalized spacial score (nSPS) is 11.4. The summed E-state index contributed by atoms with van der Waals surface area (Å²) in [4.78, 5) is 32.4. The molecule has 0 saturated carbocycles. The average Bonchev–Trinajstić information content (AvgIpc) is 2.13.